The van der Waals surface area contributed by atoms with Crippen molar-refractivity contribution in [1.29, 1.82) is 0 Å². The number of ketones is 3. The zero-order chi connectivity index (χ0) is 26.1. The third-order valence-electron chi connectivity index (χ3n) is 8.45. The summed E-state index contributed by atoms with van der Waals surface area (Å²) in [5, 5.41) is 0. The number of Topliss-reactive ketones (excluding diaryl/α,β-unsaturated/α-hetero) is 3. The van der Waals surface area contributed by atoms with Gasteiger partial charge < -0.3 is 0 Å². The highest BCUT2D eigenvalue weighted by atomic mass is 16.1. The minimum Gasteiger partial charge on any atom is -0.300 e. The molecule has 3 nitrogen and oxygen atoms in total. The van der Waals surface area contributed by atoms with Gasteiger partial charge in [0.25, 0.3) is 0 Å². The van der Waals surface area contributed by atoms with Crippen LogP contribution in [0.3, 0.4) is 0 Å². The Morgan fingerprint density at radius 1 is 0.943 bits per heavy atom. The third kappa shape index (κ3) is 8.69. The van der Waals surface area contributed by atoms with Crippen LogP contribution in [0.2, 0.25) is 0 Å². The Morgan fingerprint density at radius 3 is 2.03 bits per heavy atom. The molecule has 1 saturated carbocycles. The predicted molar refractivity (Wildman–Crippen MR) is 146 cm³/mol. The summed E-state index contributed by atoms with van der Waals surface area (Å²) in [4.78, 5) is 36.9. The van der Waals surface area contributed by atoms with Crippen LogP contribution in [0.5, 0.6) is 0 Å². The van der Waals surface area contributed by atoms with Crippen molar-refractivity contribution in [2.24, 2.45) is 29.6 Å². The summed E-state index contributed by atoms with van der Waals surface area (Å²) in [6, 6.07) is 4.15. The van der Waals surface area contributed by atoms with Crippen molar-refractivity contribution < 1.29 is 14.4 Å². The van der Waals surface area contributed by atoms with Gasteiger partial charge in [-0.2, -0.15) is 0 Å². The summed E-state index contributed by atoms with van der Waals surface area (Å²) in [5.41, 5.74) is 4.40. The monoisotopic (exact) mass is 482 g/mol. The first-order valence-electron chi connectivity index (χ1n) is 14.2. The van der Waals surface area contributed by atoms with E-state index in [1.54, 1.807) is 0 Å². The quantitative estimate of drug-likeness (QED) is 0.333. The second kappa shape index (κ2) is 14.1. The van der Waals surface area contributed by atoms with E-state index in [9.17, 15) is 14.4 Å². The zero-order valence-corrected chi connectivity index (χ0v) is 23.5. The molecule has 3 unspecified atom stereocenters. The maximum absolute atomic E-state index is 12.8. The van der Waals surface area contributed by atoms with Gasteiger partial charge in [0.15, 0.2) is 5.78 Å². The summed E-state index contributed by atoms with van der Waals surface area (Å²) in [5.74, 6) is 2.80. The van der Waals surface area contributed by atoms with Crippen molar-refractivity contribution in [2.75, 3.05) is 0 Å². The molecule has 35 heavy (non-hydrogen) atoms. The lowest BCUT2D eigenvalue weighted by Crippen LogP contribution is -2.30. The number of hydrogen-bond acceptors (Lipinski definition) is 3. The van der Waals surface area contributed by atoms with E-state index < -0.39 is 0 Å². The van der Waals surface area contributed by atoms with Crippen LogP contribution in [-0.2, 0) is 16.0 Å². The second-order valence-electron chi connectivity index (χ2n) is 11.8. The molecule has 0 saturated heterocycles. The van der Waals surface area contributed by atoms with Crippen LogP contribution in [0.15, 0.2) is 12.1 Å². The first-order valence-corrected chi connectivity index (χ1v) is 14.2. The van der Waals surface area contributed by atoms with Crippen molar-refractivity contribution in [1.82, 2.24) is 0 Å². The van der Waals surface area contributed by atoms with Crippen LogP contribution < -0.4 is 0 Å². The average molecular weight is 483 g/mol. The lowest BCUT2D eigenvalue weighted by Gasteiger charge is -2.32. The molecule has 3 atom stereocenters. The van der Waals surface area contributed by atoms with E-state index in [0.29, 0.717) is 12.3 Å². The molecule has 0 heterocycles. The molecule has 0 amide bonds. The molecule has 1 aromatic carbocycles. The van der Waals surface area contributed by atoms with Gasteiger partial charge in [0.05, 0.1) is 6.42 Å². The molecule has 0 bridgehead atoms. The summed E-state index contributed by atoms with van der Waals surface area (Å²) in [7, 11) is 0. The van der Waals surface area contributed by atoms with Gasteiger partial charge in [-0.1, -0.05) is 78.4 Å². The number of hydrogen-bond donors (Lipinski definition) is 0. The molecule has 1 fully saturated rings. The highest BCUT2D eigenvalue weighted by Gasteiger charge is 2.33. The molecule has 0 aliphatic heterocycles. The molecule has 0 aromatic heterocycles. The average Bonchev–Trinajstić information content (AvgIpc) is 2.78. The molecular formula is C32H50O3. The van der Waals surface area contributed by atoms with Crippen molar-refractivity contribution >= 4 is 17.3 Å². The van der Waals surface area contributed by atoms with Gasteiger partial charge in [0.1, 0.15) is 11.6 Å². The number of fused-ring (bicyclic) bond motifs is 1. The van der Waals surface area contributed by atoms with Gasteiger partial charge in [-0.3, -0.25) is 14.4 Å². The normalized spacial score (nSPS) is 23.5. The second-order valence-corrected chi connectivity index (χ2v) is 11.8. The third-order valence-corrected chi connectivity index (χ3v) is 8.45. The molecular weight excluding hydrogens is 432 g/mol. The molecule has 2 aliphatic rings. The predicted octanol–water partition coefficient (Wildman–Crippen LogP) is 8.26. The number of aryl methyl sites for hydroxylation is 2. The highest BCUT2D eigenvalue weighted by molar-refractivity contribution is 6.00. The lowest BCUT2D eigenvalue weighted by atomic mass is 9.71. The van der Waals surface area contributed by atoms with Crippen molar-refractivity contribution in [3.05, 3.63) is 34.4 Å². The number of carbonyl (C=O) groups is 3. The SMILES string of the molecule is CC1CCC(C)CC1.CCCC(CC1CC(=O)c2c(C)ccc(C)c2C1)C(CC)C(=O)CC(C)=O. The largest absolute Gasteiger partial charge is 0.300 e. The smallest absolute Gasteiger partial charge is 0.163 e. The fraction of sp³-hybridized carbons (Fsp3) is 0.719. The van der Waals surface area contributed by atoms with E-state index in [0.717, 1.165) is 55.1 Å². The van der Waals surface area contributed by atoms with E-state index in [1.807, 2.05) is 19.9 Å². The van der Waals surface area contributed by atoms with E-state index in [1.165, 1.54) is 43.7 Å². The van der Waals surface area contributed by atoms with Crippen LogP contribution in [0.1, 0.15) is 126 Å². The molecule has 2 aliphatic carbocycles. The first-order chi connectivity index (χ1) is 16.6. The Labute approximate surface area is 214 Å². The van der Waals surface area contributed by atoms with Crippen molar-refractivity contribution in [3.8, 4) is 0 Å². The summed E-state index contributed by atoms with van der Waals surface area (Å²) in [6.45, 7) is 14.5. The molecule has 0 N–H and O–H groups in total. The number of rotatable bonds is 9. The Morgan fingerprint density at radius 2 is 1.51 bits per heavy atom. The van der Waals surface area contributed by atoms with Crippen LogP contribution in [-0.4, -0.2) is 17.3 Å². The van der Waals surface area contributed by atoms with Gasteiger partial charge in [-0.05, 0) is 80.4 Å². The molecule has 0 radical (unpaired) electrons. The molecule has 196 valence electrons. The minimum atomic E-state index is -0.0658. The summed E-state index contributed by atoms with van der Waals surface area (Å²) in [6.07, 6.45) is 11.1. The number of carbonyl (C=O) groups excluding carboxylic acids is 3. The van der Waals surface area contributed by atoms with Gasteiger partial charge in [-0.25, -0.2) is 0 Å². The molecule has 0 spiro atoms. The maximum Gasteiger partial charge on any atom is 0.163 e. The van der Waals surface area contributed by atoms with Crippen LogP contribution in [0.25, 0.3) is 0 Å². The lowest BCUT2D eigenvalue weighted by molar-refractivity contribution is -0.129. The van der Waals surface area contributed by atoms with E-state index in [-0.39, 0.29) is 35.6 Å². The highest BCUT2D eigenvalue weighted by Crippen LogP contribution is 2.37. The van der Waals surface area contributed by atoms with E-state index in [4.69, 9.17) is 0 Å². The van der Waals surface area contributed by atoms with Gasteiger partial charge in [0.2, 0.25) is 0 Å². The van der Waals surface area contributed by atoms with Crippen LogP contribution in [0.4, 0.5) is 0 Å². The fourth-order valence-corrected chi connectivity index (χ4v) is 6.32. The topological polar surface area (TPSA) is 51.2 Å². The minimum absolute atomic E-state index is 0.0451. The van der Waals surface area contributed by atoms with Crippen molar-refractivity contribution in [2.45, 2.75) is 119 Å². The molecule has 3 rings (SSSR count). The number of benzene rings is 1. The molecule has 1 aromatic rings. The summed E-state index contributed by atoms with van der Waals surface area (Å²) < 4.78 is 0. The summed E-state index contributed by atoms with van der Waals surface area (Å²) >= 11 is 0. The van der Waals surface area contributed by atoms with Gasteiger partial charge >= 0.3 is 0 Å². The van der Waals surface area contributed by atoms with E-state index in [2.05, 4.69) is 33.8 Å². The van der Waals surface area contributed by atoms with E-state index >= 15 is 0 Å². The molecule has 3 heteroatoms. The maximum atomic E-state index is 12.8. The fourth-order valence-electron chi connectivity index (χ4n) is 6.32. The van der Waals surface area contributed by atoms with Gasteiger partial charge in [-0.15, -0.1) is 0 Å². The Kier molecular flexibility index (Phi) is 11.9. The van der Waals surface area contributed by atoms with Crippen molar-refractivity contribution in [3.63, 3.8) is 0 Å². The van der Waals surface area contributed by atoms with Crippen LogP contribution in [0, 0.1) is 43.4 Å². The standard InChI is InChI=1S/C24H34O3.C8H16/c1-6-8-19(20(7-2)22(26)11-17(5)25)12-18-13-21-15(3)9-10-16(4)24(21)23(27)14-18;1-7-3-5-8(2)6-4-7/h9-10,18-20H,6-8,11-14H2,1-5H3;7-8H,3-6H2,1-2H3. The Bertz CT molecular complexity index is 850. The first kappa shape index (κ1) is 29.5. The Hall–Kier alpha value is -1.77. The Balaban J connectivity index is 0.000000456. The zero-order valence-electron chi connectivity index (χ0n) is 23.5. The van der Waals surface area contributed by atoms with Gasteiger partial charge in [0, 0.05) is 17.9 Å². The van der Waals surface area contributed by atoms with Crippen LogP contribution >= 0.6 is 0 Å².